The van der Waals surface area contributed by atoms with Crippen molar-refractivity contribution >= 4 is 38.8 Å². The first kappa shape index (κ1) is 36.5. The molecule has 0 aliphatic rings. The molecule has 4 heteroatoms. The molecule has 0 atom stereocenters. The quantitative estimate of drug-likeness (QED) is 0.126. The summed E-state index contributed by atoms with van der Waals surface area (Å²) in [6.07, 6.45) is 0. The number of carbonyl (C=O) groups excluding carboxylic acids is 1. The summed E-state index contributed by atoms with van der Waals surface area (Å²) in [5.41, 5.74) is 11.3. The molecule has 0 heterocycles. The van der Waals surface area contributed by atoms with Crippen molar-refractivity contribution in [2.75, 3.05) is 0 Å². The van der Waals surface area contributed by atoms with Crippen molar-refractivity contribution in [3.8, 4) is 0 Å². The Morgan fingerprint density at radius 3 is 1.32 bits per heavy atom. The number of benzene rings is 4. The molecule has 0 fully saturated rings. The van der Waals surface area contributed by atoms with E-state index in [1.807, 2.05) is 42.5 Å². The predicted octanol–water partition coefficient (Wildman–Crippen LogP) is 9.37. The van der Waals surface area contributed by atoms with Crippen LogP contribution in [0.4, 0.5) is 0 Å². The summed E-state index contributed by atoms with van der Waals surface area (Å²) in [5.74, 6) is -0.629. The van der Waals surface area contributed by atoms with Gasteiger partial charge in [-0.1, -0.05) is 110 Å². The fourth-order valence-electron chi connectivity index (χ4n) is 3.29. The zero-order valence-corrected chi connectivity index (χ0v) is 24.6. The van der Waals surface area contributed by atoms with Crippen molar-refractivity contribution in [3.63, 3.8) is 0 Å². The van der Waals surface area contributed by atoms with Gasteiger partial charge in [0.05, 0.1) is 5.91 Å². The van der Waals surface area contributed by atoms with Crippen LogP contribution in [0.1, 0.15) is 21.5 Å². The summed E-state index contributed by atoms with van der Waals surface area (Å²) in [5, 5.41) is 2.66. The van der Waals surface area contributed by atoms with Crippen LogP contribution in [0.25, 0.3) is 27.7 Å². The molecule has 0 bridgehead atoms. The van der Waals surface area contributed by atoms with E-state index in [-0.39, 0.29) is 47.5 Å². The van der Waals surface area contributed by atoms with E-state index in [4.69, 9.17) is 5.73 Å². The molecule has 0 saturated heterocycles. The first-order chi connectivity index (χ1) is 16.6. The van der Waals surface area contributed by atoms with Crippen LogP contribution < -0.4 is 0 Å². The Balaban J connectivity index is 0. The monoisotopic (exact) mass is 547 g/mol. The third kappa shape index (κ3) is 11.2. The molecule has 1 N–H and O–H groups in total. The molecule has 0 aliphatic heterocycles. The van der Waals surface area contributed by atoms with Gasteiger partial charge in [-0.3, -0.25) is 0 Å². The fourth-order valence-corrected chi connectivity index (χ4v) is 3.29. The summed E-state index contributed by atoms with van der Waals surface area (Å²) < 4.78 is 0. The zero-order chi connectivity index (χ0) is 24.2. The maximum Gasteiger partial charge on any atom is 4.00 e. The molecular weight excluding hydrogens is 514 g/mol. The predicted molar refractivity (Wildman–Crippen MR) is 164 cm³/mol. The van der Waals surface area contributed by atoms with E-state index in [1.54, 1.807) is 24.3 Å². The van der Waals surface area contributed by atoms with E-state index in [0.717, 1.165) is 22.3 Å². The Hall–Kier alpha value is -3.63. The minimum atomic E-state index is -0.629. The average molecular weight is 548 g/mol. The molecule has 5 rings (SSSR count). The molecule has 0 aromatic heterocycles. The van der Waals surface area contributed by atoms with Crippen LogP contribution in [-0.4, -0.2) is 16.9 Å². The van der Waals surface area contributed by atoms with Crippen molar-refractivity contribution in [2.24, 2.45) is 0 Å². The van der Waals surface area contributed by atoms with Gasteiger partial charge in [0.1, 0.15) is 0 Å². The molecule has 38 heavy (non-hydrogen) atoms. The topological polar surface area (TPSA) is 40.9 Å². The van der Waals surface area contributed by atoms with Gasteiger partial charge < -0.3 is 25.4 Å². The normalized spacial score (nSPS) is 8.63. The van der Waals surface area contributed by atoms with Crippen LogP contribution in [0.5, 0.6) is 0 Å². The Bertz CT molecular complexity index is 1270. The average Bonchev–Trinajstić information content (AvgIpc) is 3.39. The van der Waals surface area contributed by atoms with Crippen molar-refractivity contribution in [3.05, 3.63) is 184 Å². The van der Waals surface area contributed by atoms with Gasteiger partial charge in [-0.2, -0.15) is 17.5 Å². The van der Waals surface area contributed by atoms with Gasteiger partial charge in [0, 0.05) is 11.0 Å². The summed E-state index contributed by atoms with van der Waals surface area (Å²) in [6, 6.07) is 43.5. The molecule has 5 aromatic rings. The molecule has 0 unspecified atom stereocenters. The standard InChI is InChI=1S/C16H14.C9H7.C7H7NO.2CH3.Si.Ti/c1-13(15-9-5-3-6-10-15)14(2)16-11-7-4-8-12-16;1-2-5-9-7-3-6-8(9)4-1;8-7(9)6-4-2-1-3-5-6;;;;/h3-12H,1-2H2;1-7H;1-5H,(H2,8,9);2*1H3;;/q;-1;;2*-1;;+4/p-1. The summed E-state index contributed by atoms with van der Waals surface area (Å²) >= 11 is 0. The SMILES string of the molecule is C=C(C(=C)c1ccccc1)c1ccccc1.[CH3-].[CH3-].[NH-]C(=O)c1ccccc1.[Si].[Ti+4].c1ccc2[cH-]ccc2c1. The third-order valence-electron chi connectivity index (χ3n) is 5.19. The van der Waals surface area contributed by atoms with Crippen LogP contribution in [0.3, 0.4) is 0 Å². The number of nitrogens with one attached hydrogen (secondary N) is 1. The molecular formula is C34H33NOSiTi. The minimum Gasteiger partial charge on any atom is -0.664 e. The number of rotatable bonds is 4. The van der Waals surface area contributed by atoms with Crippen LogP contribution in [0.2, 0.25) is 0 Å². The van der Waals surface area contributed by atoms with Crippen molar-refractivity contribution in [2.45, 2.75) is 0 Å². The van der Waals surface area contributed by atoms with Gasteiger partial charge in [0.2, 0.25) is 0 Å². The Labute approximate surface area is 248 Å². The second kappa shape index (κ2) is 19.5. The first-order valence-corrected chi connectivity index (χ1v) is 11.0. The maximum atomic E-state index is 10.3. The Morgan fingerprint density at radius 1 is 0.579 bits per heavy atom. The third-order valence-corrected chi connectivity index (χ3v) is 5.19. The minimum absolute atomic E-state index is 0. The van der Waals surface area contributed by atoms with E-state index in [2.05, 4.69) is 79.9 Å². The summed E-state index contributed by atoms with van der Waals surface area (Å²) in [6.45, 7) is 8.20. The number of fused-ring (bicyclic) bond motifs is 1. The number of hydrogen-bond donors (Lipinski definition) is 0. The molecule has 0 spiro atoms. The molecule has 2 nitrogen and oxygen atoms in total. The van der Waals surface area contributed by atoms with Crippen LogP contribution in [0, 0.1) is 14.9 Å². The largest absolute Gasteiger partial charge is 4.00 e. The zero-order valence-electron chi connectivity index (χ0n) is 22.0. The molecule has 188 valence electrons. The molecule has 5 aromatic carbocycles. The number of hydrogen-bond acceptors (Lipinski definition) is 1. The van der Waals surface area contributed by atoms with Gasteiger partial charge >= 0.3 is 21.7 Å². The van der Waals surface area contributed by atoms with E-state index in [9.17, 15) is 4.79 Å². The molecule has 0 saturated carbocycles. The van der Waals surface area contributed by atoms with Crippen LogP contribution in [-0.2, 0) is 21.7 Å². The maximum absolute atomic E-state index is 10.3. The van der Waals surface area contributed by atoms with Crippen molar-refractivity contribution in [1.29, 1.82) is 0 Å². The molecule has 0 aliphatic carbocycles. The van der Waals surface area contributed by atoms with Gasteiger partial charge in [0.25, 0.3) is 0 Å². The molecule has 4 radical (unpaired) electrons. The second-order valence-electron chi connectivity index (χ2n) is 7.54. The van der Waals surface area contributed by atoms with Gasteiger partial charge in [0.15, 0.2) is 0 Å². The van der Waals surface area contributed by atoms with Crippen LogP contribution in [0.15, 0.2) is 147 Å². The Kier molecular flexibility index (Phi) is 18.7. The molecule has 1 amide bonds. The van der Waals surface area contributed by atoms with E-state index < -0.39 is 5.91 Å². The summed E-state index contributed by atoms with van der Waals surface area (Å²) in [4.78, 5) is 10.3. The van der Waals surface area contributed by atoms with E-state index in [0.29, 0.717) is 5.56 Å². The number of allylic oxidation sites excluding steroid dienone is 2. The first-order valence-electron chi connectivity index (χ1n) is 11.0. The number of carbonyl (C=O) groups is 1. The smallest absolute Gasteiger partial charge is 0.664 e. The number of amides is 1. The van der Waals surface area contributed by atoms with Crippen molar-refractivity contribution in [1.82, 2.24) is 0 Å². The van der Waals surface area contributed by atoms with Crippen LogP contribution >= 0.6 is 0 Å². The van der Waals surface area contributed by atoms with Gasteiger partial charge in [-0.25, -0.2) is 0 Å². The van der Waals surface area contributed by atoms with Gasteiger partial charge in [-0.05, 0) is 27.8 Å². The Morgan fingerprint density at radius 2 is 0.947 bits per heavy atom. The summed E-state index contributed by atoms with van der Waals surface area (Å²) in [7, 11) is 0. The fraction of sp³-hybridized carbons (Fsp3) is 0. The van der Waals surface area contributed by atoms with Gasteiger partial charge in [-0.15, -0.1) is 29.7 Å². The van der Waals surface area contributed by atoms with E-state index in [1.165, 1.54) is 10.8 Å². The van der Waals surface area contributed by atoms with E-state index >= 15 is 0 Å². The second-order valence-corrected chi connectivity index (χ2v) is 7.54. The van der Waals surface area contributed by atoms with Crippen molar-refractivity contribution < 1.29 is 26.5 Å².